The van der Waals surface area contributed by atoms with Gasteiger partial charge in [0.1, 0.15) is 6.67 Å². The van der Waals surface area contributed by atoms with E-state index in [0.717, 1.165) is 0 Å². The van der Waals surface area contributed by atoms with E-state index < -0.39 is 0 Å². The third kappa shape index (κ3) is 2.46. The average molecular weight is 223 g/mol. The van der Waals surface area contributed by atoms with E-state index in [1.165, 1.54) is 17.0 Å². The summed E-state index contributed by atoms with van der Waals surface area (Å²) in [6.07, 6.45) is 0. The fourth-order valence-electron chi connectivity index (χ4n) is 2.33. The van der Waals surface area contributed by atoms with Crippen LogP contribution in [0.4, 0.5) is 0 Å². The summed E-state index contributed by atoms with van der Waals surface area (Å²) in [5.74, 6) is 7.44. The van der Waals surface area contributed by atoms with Crippen LogP contribution in [0.3, 0.4) is 0 Å². The Balaban J connectivity index is 3.27. The van der Waals surface area contributed by atoms with Gasteiger partial charge in [0.25, 0.3) is 0 Å². The lowest BCUT2D eigenvalue weighted by Gasteiger charge is -2.34. The van der Waals surface area contributed by atoms with Crippen LogP contribution in [-0.2, 0) is 0 Å². The zero-order valence-corrected chi connectivity index (χ0v) is 11.4. The molecule has 1 aliphatic rings. The van der Waals surface area contributed by atoms with E-state index in [0.29, 0.717) is 24.4 Å². The summed E-state index contributed by atoms with van der Waals surface area (Å²) < 4.78 is 0. The van der Waals surface area contributed by atoms with Gasteiger partial charge in [-0.15, -0.1) is 0 Å². The third-order valence-electron chi connectivity index (χ3n) is 2.93. The summed E-state index contributed by atoms with van der Waals surface area (Å²) in [4.78, 5) is 4.61. The molecule has 0 amide bonds. The molecule has 0 radical (unpaired) electrons. The van der Waals surface area contributed by atoms with Crippen LogP contribution in [-0.4, -0.2) is 17.4 Å². The van der Waals surface area contributed by atoms with Gasteiger partial charge in [-0.2, -0.15) is 0 Å². The van der Waals surface area contributed by atoms with Crippen LogP contribution >= 0.6 is 0 Å². The predicted octanol–water partition coefficient (Wildman–Crippen LogP) is 2.80. The molecule has 0 unspecified atom stereocenters. The Morgan fingerprint density at radius 1 is 1.00 bits per heavy atom. The predicted molar refractivity (Wildman–Crippen MR) is 69.9 cm³/mol. The number of allylic oxidation sites excluding steroid dienone is 2. The number of nitrogens with zero attached hydrogens (tertiary/aromatic N) is 2. The number of nitrogens with two attached hydrogens (primary N) is 1. The van der Waals surface area contributed by atoms with Crippen LogP contribution in [0.25, 0.3) is 0 Å². The van der Waals surface area contributed by atoms with Crippen LogP contribution < -0.4 is 5.84 Å². The fourth-order valence-corrected chi connectivity index (χ4v) is 2.33. The minimum Gasteiger partial charge on any atom is -0.293 e. The lowest BCUT2D eigenvalue weighted by molar-refractivity contribution is 0.319. The first-order valence-electron chi connectivity index (χ1n) is 6.17. The van der Waals surface area contributed by atoms with E-state index in [2.05, 4.69) is 46.5 Å². The molecule has 92 valence electrons. The lowest BCUT2D eigenvalue weighted by atomic mass is 9.86. The molecule has 16 heavy (non-hydrogen) atoms. The number of hydrazine groups is 1. The zero-order valence-electron chi connectivity index (χ0n) is 11.4. The summed E-state index contributed by atoms with van der Waals surface area (Å²) in [6.45, 7) is 13.8. The Hall–Kier alpha value is -0.830. The maximum atomic E-state index is 6.04. The lowest BCUT2D eigenvalue weighted by Crippen LogP contribution is -2.40. The van der Waals surface area contributed by atoms with Gasteiger partial charge in [0.05, 0.1) is 0 Å². The van der Waals surface area contributed by atoms with Crippen LogP contribution in [0.5, 0.6) is 0 Å². The highest BCUT2D eigenvalue weighted by Gasteiger charge is 2.26. The molecule has 0 bridgehead atoms. The van der Waals surface area contributed by atoms with Crippen molar-refractivity contribution in [3.8, 4) is 0 Å². The minimum atomic E-state index is 0.451. The largest absolute Gasteiger partial charge is 0.293 e. The SMILES string of the molecule is CC(C)C1=NCN(N)C(C(C)C)=C1C(C)C. The standard InChI is InChI=1S/C13H25N3/c1-8(2)11-12(9(3)4)15-7-16(14)13(11)10(5)6/h8-10H,7,14H2,1-6H3. The van der Waals surface area contributed by atoms with Gasteiger partial charge in [-0.05, 0) is 23.3 Å². The van der Waals surface area contributed by atoms with E-state index in [-0.39, 0.29) is 0 Å². The minimum absolute atomic E-state index is 0.451. The third-order valence-corrected chi connectivity index (χ3v) is 2.93. The van der Waals surface area contributed by atoms with E-state index in [9.17, 15) is 0 Å². The number of hydrogen-bond donors (Lipinski definition) is 1. The Bertz CT molecular complexity index is 311. The summed E-state index contributed by atoms with van der Waals surface area (Å²) in [6, 6.07) is 0. The topological polar surface area (TPSA) is 41.6 Å². The van der Waals surface area contributed by atoms with Crippen molar-refractivity contribution >= 4 is 5.71 Å². The Morgan fingerprint density at radius 3 is 1.94 bits per heavy atom. The first-order chi connectivity index (χ1) is 7.36. The van der Waals surface area contributed by atoms with E-state index in [1.807, 2.05) is 0 Å². The van der Waals surface area contributed by atoms with Gasteiger partial charge < -0.3 is 0 Å². The molecule has 3 nitrogen and oxygen atoms in total. The molecule has 3 heteroatoms. The van der Waals surface area contributed by atoms with Gasteiger partial charge in [-0.25, -0.2) is 5.84 Å². The second kappa shape index (κ2) is 5.00. The van der Waals surface area contributed by atoms with E-state index in [4.69, 9.17) is 5.84 Å². The maximum Gasteiger partial charge on any atom is 0.124 e. The Morgan fingerprint density at radius 2 is 1.56 bits per heavy atom. The van der Waals surface area contributed by atoms with Gasteiger partial charge in [-0.1, -0.05) is 41.5 Å². The normalized spacial score (nSPS) is 17.9. The van der Waals surface area contributed by atoms with E-state index >= 15 is 0 Å². The molecule has 0 spiro atoms. The summed E-state index contributed by atoms with van der Waals surface area (Å²) in [5.41, 5.74) is 3.84. The highest BCUT2D eigenvalue weighted by molar-refractivity contribution is 6.02. The fraction of sp³-hybridized carbons (Fsp3) is 0.769. The highest BCUT2D eigenvalue weighted by Crippen LogP contribution is 2.29. The Labute approximate surface area is 99.4 Å². The zero-order chi connectivity index (χ0) is 12.5. The van der Waals surface area contributed by atoms with Gasteiger partial charge in [0.2, 0.25) is 0 Å². The summed E-state index contributed by atoms with van der Waals surface area (Å²) >= 11 is 0. The number of aliphatic imine (C=N–C) groups is 1. The van der Waals surface area contributed by atoms with Gasteiger partial charge in [0.15, 0.2) is 0 Å². The highest BCUT2D eigenvalue weighted by atomic mass is 15.4. The van der Waals surface area contributed by atoms with Crippen LogP contribution in [0.15, 0.2) is 16.3 Å². The molecular formula is C13H25N3. The average Bonchev–Trinajstić information content (AvgIpc) is 2.15. The Kier molecular flexibility index (Phi) is 4.14. The van der Waals surface area contributed by atoms with Gasteiger partial charge in [0, 0.05) is 11.4 Å². The molecule has 0 aliphatic carbocycles. The van der Waals surface area contributed by atoms with E-state index in [1.54, 1.807) is 5.01 Å². The molecule has 1 rings (SSSR count). The molecule has 1 aliphatic heterocycles. The molecule has 0 atom stereocenters. The second-order valence-corrected chi connectivity index (χ2v) is 5.42. The molecule has 0 aromatic carbocycles. The van der Waals surface area contributed by atoms with Crippen molar-refractivity contribution in [1.82, 2.24) is 5.01 Å². The molecule has 0 aromatic heterocycles. The van der Waals surface area contributed by atoms with Gasteiger partial charge in [-0.3, -0.25) is 10.0 Å². The molecule has 0 fully saturated rings. The molecule has 0 saturated heterocycles. The number of hydrogen-bond acceptors (Lipinski definition) is 3. The van der Waals surface area contributed by atoms with Crippen molar-refractivity contribution in [2.24, 2.45) is 28.6 Å². The van der Waals surface area contributed by atoms with Gasteiger partial charge >= 0.3 is 0 Å². The van der Waals surface area contributed by atoms with Crippen molar-refractivity contribution in [2.45, 2.75) is 41.5 Å². The van der Waals surface area contributed by atoms with Crippen molar-refractivity contribution in [1.29, 1.82) is 0 Å². The maximum absolute atomic E-state index is 6.04. The molecule has 0 saturated carbocycles. The molecular weight excluding hydrogens is 198 g/mol. The monoisotopic (exact) mass is 223 g/mol. The first-order valence-corrected chi connectivity index (χ1v) is 6.17. The van der Waals surface area contributed by atoms with Crippen molar-refractivity contribution < 1.29 is 0 Å². The molecule has 2 N–H and O–H groups in total. The summed E-state index contributed by atoms with van der Waals surface area (Å²) in [5, 5.41) is 1.80. The second-order valence-electron chi connectivity index (χ2n) is 5.42. The van der Waals surface area contributed by atoms with Crippen LogP contribution in [0.1, 0.15) is 41.5 Å². The van der Waals surface area contributed by atoms with Crippen molar-refractivity contribution in [3.63, 3.8) is 0 Å². The summed E-state index contributed by atoms with van der Waals surface area (Å²) in [7, 11) is 0. The first kappa shape index (κ1) is 13.2. The molecule has 0 aromatic rings. The smallest absolute Gasteiger partial charge is 0.124 e. The quantitative estimate of drug-likeness (QED) is 0.747. The number of rotatable bonds is 3. The van der Waals surface area contributed by atoms with Crippen LogP contribution in [0.2, 0.25) is 0 Å². The van der Waals surface area contributed by atoms with Crippen molar-refractivity contribution in [3.05, 3.63) is 11.3 Å². The van der Waals surface area contributed by atoms with Crippen LogP contribution in [0, 0.1) is 17.8 Å². The van der Waals surface area contributed by atoms with Crippen molar-refractivity contribution in [2.75, 3.05) is 6.67 Å². The molecule has 1 heterocycles.